The summed E-state index contributed by atoms with van der Waals surface area (Å²) in [5, 5.41) is 7.12. The Labute approximate surface area is 175 Å². The van der Waals surface area contributed by atoms with Crippen LogP contribution in [0.15, 0.2) is 29.4 Å². The van der Waals surface area contributed by atoms with E-state index in [4.69, 9.17) is 28.7 Å². The molecule has 0 unspecified atom stereocenters. The summed E-state index contributed by atoms with van der Waals surface area (Å²) in [6.07, 6.45) is -4.67. The van der Waals surface area contributed by atoms with Gasteiger partial charge in [-0.05, 0) is 29.8 Å². The van der Waals surface area contributed by atoms with Gasteiger partial charge in [0.05, 0.1) is 23.8 Å². The number of alkyl halides is 3. The molecule has 1 saturated heterocycles. The van der Waals surface area contributed by atoms with Crippen molar-refractivity contribution in [1.82, 2.24) is 14.7 Å². The highest BCUT2D eigenvalue weighted by atomic mass is 35.5. The predicted octanol–water partition coefficient (Wildman–Crippen LogP) is 4.84. The minimum Gasteiger partial charge on any atom is -0.369 e. The number of aromatic nitrogens is 2. The molecule has 7 nitrogen and oxygen atoms in total. The van der Waals surface area contributed by atoms with E-state index in [1.54, 1.807) is 0 Å². The fourth-order valence-electron chi connectivity index (χ4n) is 3.21. The summed E-state index contributed by atoms with van der Waals surface area (Å²) in [6.45, 7) is 3.54. The number of benzene rings is 1. The van der Waals surface area contributed by atoms with Crippen LogP contribution >= 0.6 is 23.2 Å². The molecule has 3 rings (SSSR count). The molecule has 1 aliphatic rings. The summed E-state index contributed by atoms with van der Waals surface area (Å²) in [6, 6.07) is 7.61. The molecule has 0 radical (unpaired) electrons. The summed E-state index contributed by atoms with van der Waals surface area (Å²) in [5.74, 6) is 0. The Kier molecular flexibility index (Phi) is 6.79. The number of piperazine rings is 1. The molecule has 2 heterocycles. The third-order valence-corrected chi connectivity index (χ3v) is 5.39. The number of azide groups is 1. The van der Waals surface area contributed by atoms with Crippen molar-refractivity contribution < 1.29 is 13.2 Å². The summed E-state index contributed by atoms with van der Waals surface area (Å²) >= 11 is 11.8. The van der Waals surface area contributed by atoms with E-state index < -0.39 is 16.9 Å². The molecule has 1 fully saturated rings. The van der Waals surface area contributed by atoms with Gasteiger partial charge < -0.3 is 4.90 Å². The quantitative estimate of drug-likeness (QED) is 0.361. The average Bonchev–Trinajstić information content (AvgIpc) is 3.01. The highest BCUT2D eigenvalue weighted by Gasteiger charge is 2.38. The summed E-state index contributed by atoms with van der Waals surface area (Å²) in [7, 11) is 0. The monoisotopic (exact) mass is 447 g/mol. The number of hydrogen-bond donors (Lipinski definition) is 0. The molecule has 156 valence electrons. The van der Waals surface area contributed by atoms with E-state index in [2.05, 4.69) is 24.9 Å². The van der Waals surface area contributed by atoms with Crippen LogP contribution < -0.4 is 4.90 Å². The van der Waals surface area contributed by atoms with Crippen molar-refractivity contribution in [2.75, 3.05) is 37.6 Å². The topological polar surface area (TPSA) is 73.1 Å². The zero-order chi connectivity index (χ0) is 21.0. The number of nitrogens with zero attached hydrogens (tertiary/aromatic N) is 7. The van der Waals surface area contributed by atoms with E-state index in [1.165, 1.54) is 4.68 Å². The van der Waals surface area contributed by atoms with Crippen LogP contribution in [0.3, 0.4) is 0 Å². The van der Waals surface area contributed by atoms with Gasteiger partial charge in [-0.2, -0.15) is 18.3 Å². The molecule has 0 atom stereocenters. The smallest absolute Gasteiger partial charge is 0.369 e. The van der Waals surface area contributed by atoms with Crippen molar-refractivity contribution in [3.05, 3.63) is 56.1 Å². The van der Waals surface area contributed by atoms with E-state index in [9.17, 15) is 13.2 Å². The van der Waals surface area contributed by atoms with E-state index in [1.807, 2.05) is 24.3 Å². The van der Waals surface area contributed by atoms with Gasteiger partial charge in [-0.3, -0.25) is 9.58 Å². The van der Waals surface area contributed by atoms with E-state index >= 15 is 0 Å². The van der Waals surface area contributed by atoms with Crippen molar-refractivity contribution in [2.45, 2.75) is 19.3 Å². The summed E-state index contributed by atoms with van der Waals surface area (Å²) in [5.41, 5.74) is 8.48. The molecule has 12 heteroatoms. The second-order valence-corrected chi connectivity index (χ2v) is 7.34. The molecule has 1 aromatic carbocycles. The third kappa shape index (κ3) is 5.27. The van der Waals surface area contributed by atoms with Gasteiger partial charge >= 0.3 is 6.18 Å². The Bertz CT molecular complexity index is 884. The largest absolute Gasteiger partial charge is 0.436 e. The summed E-state index contributed by atoms with van der Waals surface area (Å²) < 4.78 is 40.5. The molecule has 0 bridgehead atoms. The molecule has 0 saturated carbocycles. The lowest BCUT2D eigenvalue weighted by Gasteiger charge is -2.36. The number of halogens is 5. The van der Waals surface area contributed by atoms with Gasteiger partial charge in [0.15, 0.2) is 5.69 Å². The first-order valence-electron chi connectivity index (χ1n) is 8.85. The van der Waals surface area contributed by atoms with Gasteiger partial charge in [0.1, 0.15) is 0 Å². The van der Waals surface area contributed by atoms with Crippen LogP contribution in [-0.2, 0) is 19.3 Å². The van der Waals surface area contributed by atoms with E-state index in [0.717, 1.165) is 31.9 Å². The lowest BCUT2D eigenvalue weighted by molar-refractivity contribution is -0.141. The number of anilines is 1. The first-order chi connectivity index (χ1) is 13.8. The predicted molar refractivity (Wildman–Crippen MR) is 105 cm³/mol. The van der Waals surface area contributed by atoms with Gasteiger partial charge in [0.2, 0.25) is 0 Å². The maximum Gasteiger partial charge on any atom is 0.436 e. The summed E-state index contributed by atoms with van der Waals surface area (Å²) in [4.78, 5) is 6.97. The zero-order valence-corrected chi connectivity index (χ0v) is 16.8. The van der Waals surface area contributed by atoms with Crippen molar-refractivity contribution in [2.24, 2.45) is 5.11 Å². The van der Waals surface area contributed by atoms with Crippen LogP contribution in [0.2, 0.25) is 10.0 Å². The molecule has 2 aromatic rings. The van der Waals surface area contributed by atoms with E-state index in [0.29, 0.717) is 11.6 Å². The molecular formula is C17H18Cl2F3N7. The number of hydrogen-bond acceptors (Lipinski definition) is 4. The molecule has 1 aromatic heterocycles. The number of rotatable bonds is 6. The third-order valence-electron chi connectivity index (χ3n) is 4.74. The maximum atomic E-state index is 13.1. The lowest BCUT2D eigenvalue weighted by atomic mass is 10.2. The van der Waals surface area contributed by atoms with Gasteiger partial charge in [-0.1, -0.05) is 28.3 Å². The highest BCUT2D eigenvalue weighted by Crippen LogP contribution is 2.36. The maximum absolute atomic E-state index is 13.1. The standard InChI is InChI=1S/C17H18Cl2F3N7/c18-12-1-3-13(4-2-12)28-8-5-27(6-9-28)7-10-29-14(11-24-26-23)15(19)16(25-29)17(20,21)22/h1-4H,5-11H2. The molecule has 0 amide bonds. The lowest BCUT2D eigenvalue weighted by Crippen LogP contribution is -2.47. The van der Waals surface area contributed by atoms with Gasteiger partial charge in [-0.15, -0.1) is 0 Å². The van der Waals surface area contributed by atoms with Gasteiger partial charge in [0, 0.05) is 48.3 Å². The minimum atomic E-state index is -4.67. The van der Waals surface area contributed by atoms with Gasteiger partial charge in [-0.25, -0.2) is 0 Å². The van der Waals surface area contributed by atoms with Gasteiger partial charge in [0.25, 0.3) is 0 Å². The molecule has 0 N–H and O–H groups in total. The van der Waals surface area contributed by atoms with Crippen LogP contribution in [-0.4, -0.2) is 47.4 Å². The average molecular weight is 448 g/mol. The van der Waals surface area contributed by atoms with Crippen molar-refractivity contribution in [3.8, 4) is 0 Å². The molecule has 0 aliphatic carbocycles. The molecule has 1 aliphatic heterocycles. The fourth-order valence-corrected chi connectivity index (χ4v) is 3.64. The zero-order valence-electron chi connectivity index (χ0n) is 15.3. The van der Waals surface area contributed by atoms with Crippen LogP contribution in [0.1, 0.15) is 11.4 Å². The molecule has 0 spiro atoms. The fraction of sp³-hybridized carbons (Fsp3) is 0.471. The Morgan fingerprint density at radius 3 is 2.31 bits per heavy atom. The van der Waals surface area contributed by atoms with E-state index in [-0.39, 0.29) is 18.8 Å². The Morgan fingerprint density at radius 2 is 1.72 bits per heavy atom. The van der Waals surface area contributed by atoms with Crippen LogP contribution in [0.25, 0.3) is 10.4 Å². The van der Waals surface area contributed by atoms with Crippen LogP contribution in [0.5, 0.6) is 0 Å². The normalized spacial score (nSPS) is 15.4. The first-order valence-corrected chi connectivity index (χ1v) is 9.61. The van der Waals surface area contributed by atoms with Crippen molar-refractivity contribution >= 4 is 28.9 Å². The Morgan fingerprint density at radius 1 is 1.07 bits per heavy atom. The Hall–Kier alpha value is -2.13. The first kappa shape index (κ1) is 21.6. The van der Waals surface area contributed by atoms with Crippen molar-refractivity contribution in [1.29, 1.82) is 0 Å². The SMILES string of the molecule is [N-]=[N+]=NCc1c(Cl)c(C(F)(F)F)nn1CCN1CCN(c2ccc(Cl)cc2)CC1. The minimum absolute atomic E-state index is 0.0663. The van der Waals surface area contributed by atoms with Crippen LogP contribution in [0.4, 0.5) is 18.9 Å². The molecular weight excluding hydrogens is 430 g/mol. The van der Waals surface area contributed by atoms with Crippen molar-refractivity contribution in [3.63, 3.8) is 0 Å². The Balaban J connectivity index is 1.63. The second kappa shape index (κ2) is 9.13. The molecule has 29 heavy (non-hydrogen) atoms. The van der Waals surface area contributed by atoms with Crippen LogP contribution in [0, 0.1) is 0 Å². The second-order valence-electron chi connectivity index (χ2n) is 6.52. The highest BCUT2D eigenvalue weighted by molar-refractivity contribution is 6.32.